The third kappa shape index (κ3) is 24.2. The molecule has 2 rings (SSSR count). The first-order valence-electron chi connectivity index (χ1n) is 23.0. The molecule has 0 fully saturated rings. The summed E-state index contributed by atoms with van der Waals surface area (Å²) in [5.74, 6) is 0. The van der Waals surface area contributed by atoms with Crippen molar-refractivity contribution in [2.24, 2.45) is 9.98 Å². The first-order chi connectivity index (χ1) is 25.7. The smallest absolute Gasteiger partial charge is 0.0636 e. The molecule has 0 amide bonds. The fourth-order valence-electron chi connectivity index (χ4n) is 7.45. The summed E-state index contributed by atoms with van der Waals surface area (Å²) in [5, 5.41) is 0. The number of aryl methyl sites for hydroxylation is 2. The van der Waals surface area contributed by atoms with Crippen LogP contribution in [0.1, 0.15) is 231 Å². The summed E-state index contributed by atoms with van der Waals surface area (Å²) in [6.07, 6.45) is 42.2. The molecule has 0 heterocycles. The first kappa shape index (κ1) is 45.9. The van der Waals surface area contributed by atoms with Crippen molar-refractivity contribution in [1.29, 1.82) is 0 Å². The van der Waals surface area contributed by atoms with Crippen molar-refractivity contribution >= 4 is 22.8 Å². The number of nitrogens with zero attached hydrogens (tertiary/aromatic N) is 2. The minimum Gasteiger partial charge on any atom is -0.252 e. The normalized spacial score (nSPS) is 12.2. The highest BCUT2D eigenvalue weighted by Gasteiger charge is 2.12. The maximum Gasteiger partial charge on any atom is 0.0636 e. The van der Waals surface area contributed by atoms with E-state index in [9.17, 15) is 0 Å². The van der Waals surface area contributed by atoms with Crippen molar-refractivity contribution in [2.45, 2.75) is 233 Å². The average Bonchev–Trinajstić information content (AvgIpc) is 3.16. The second kappa shape index (κ2) is 33.4. The molecule has 2 aromatic rings. The molecule has 0 aliphatic rings. The minimum absolute atomic E-state index is 1.01. The van der Waals surface area contributed by atoms with Crippen LogP contribution in [-0.2, 0) is 12.8 Å². The summed E-state index contributed by atoms with van der Waals surface area (Å²) >= 11 is 0. The Hall–Kier alpha value is -2.22. The fourth-order valence-corrected chi connectivity index (χ4v) is 7.45. The lowest BCUT2D eigenvalue weighted by Gasteiger charge is -2.12. The number of aliphatic imine (C=N–C) groups is 2. The molecule has 0 atom stereocenters. The lowest BCUT2D eigenvalue weighted by Crippen LogP contribution is -2.14. The van der Waals surface area contributed by atoms with Gasteiger partial charge in [-0.15, -0.1) is 0 Å². The van der Waals surface area contributed by atoms with Crippen molar-refractivity contribution in [3.63, 3.8) is 0 Å². The zero-order valence-corrected chi connectivity index (χ0v) is 35.1. The Morgan fingerprint density at radius 3 is 1.02 bits per heavy atom. The minimum atomic E-state index is 1.01. The molecular weight excluding hydrogens is 629 g/mol. The van der Waals surface area contributed by atoms with Gasteiger partial charge < -0.3 is 0 Å². The van der Waals surface area contributed by atoms with E-state index >= 15 is 0 Å². The van der Waals surface area contributed by atoms with Gasteiger partial charge >= 0.3 is 0 Å². The molecule has 2 aromatic carbocycles. The molecule has 0 aliphatic heterocycles. The number of benzene rings is 2. The highest BCUT2D eigenvalue weighted by molar-refractivity contribution is 6.43. The van der Waals surface area contributed by atoms with E-state index in [1.807, 2.05) is 0 Å². The Morgan fingerprint density at radius 2 is 0.654 bits per heavy atom. The maximum atomic E-state index is 5.42. The predicted molar refractivity (Wildman–Crippen MR) is 236 cm³/mol. The van der Waals surface area contributed by atoms with Crippen LogP contribution in [0.2, 0.25) is 0 Å². The van der Waals surface area contributed by atoms with Gasteiger partial charge in [0.25, 0.3) is 0 Å². The van der Waals surface area contributed by atoms with E-state index in [2.05, 4.69) is 76.2 Å². The van der Waals surface area contributed by atoms with Gasteiger partial charge in [-0.25, -0.2) is 0 Å². The largest absolute Gasteiger partial charge is 0.252 e. The van der Waals surface area contributed by atoms with Gasteiger partial charge in [-0.1, -0.05) is 206 Å². The van der Waals surface area contributed by atoms with Crippen LogP contribution in [0.5, 0.6) is 0 Å². The van der Waals surface area contributed by atoms with Crippen LogP contribution < -0.4 is 0 Å². The van der Waals surface area contributed by atoms with Gasteiger partial charge in [0.1, 0.15) is 0 Å². The molecule has 2 nitrogen and oxygen atoms in total. The van der Waals surface area contributed by atoms with E-state index in [-0.39, 0.29) is 0 Å². The Morgan fingerprint density at radius 1 is 0.346 bits per heavy atom. The number of rotatable bonds is 35. The molecule has 0 radical (unpaired) electrons. The molecule has 0 N–H and O–H groups in total. The Bertz CT molecular complexity index is 1160. The molecule has 294 valence electrons. The van der Waals surface area contributed by atoms with Crippen molar-refractivity contribution in [2.75, 3.05) is 0 Å². The van der Waals surface area contributed by atoms with Crippen molar-refractivity contribution in [1.82, 2.24) is 0 Å². The zero-order valence-electron chi connectivity index (χ0n) is 35.1. The van der Waals surface area contributed by atoms with Gasteiger partial charge in [0.15, 0.2) is 0 Å². The molecule has 0 saturated heterocycles. The van der Waals surface area contributed by atoms with E-state index in [0.717, 1.165) is 43.5 Å². The van der Waals surface area contributed by atoms with Gasteiger partial charge in [0.05, 0.1) is 22.8 Å². The first-order valence-corrected chi connectivity index (χ1v) is 23.0. The molecule has 0 saturated carbocycles. The summed E-state index contributed by atoms with van der Waals surface area (Å²) < 4.78 is 0. The van der Waals surface area contributed by atoms with E-state index in [4.69, 9.17) is 9.98 Å². The van der Waals surface area contributed by atoms with Gasteiger partial charge in [-0.2, -0.15) is 0 Å². The number of hydrogen-bond donors (Lipinski definition) is 0. The summed E-state index contributed by atoms with van der Waals surface area (Å²) in [5.41, 5.74) is 7.54. The number of unbranched alkanes of at least 4 members (excludes halogenated alkanes) is 24. The van der Waals surface area contributed by atoms with Gasteiger partial charge in [0.2, 0.25) is 0 Å². The molecule has 0 unspecified atom stereocenters. The molecular formula is C50H84N2. The van der Waals surface area contributed by atoms with Crippen molar-refractivity contribution < 1.29 is 0 Å². The summed E-state index contributed by atoms with van der Waals surface area (Å²) in [7, 11) is 0. The highest BCUT2D eigenvalue weighted by atomic mass is 14.8. The molecule has 0 aliphatic carbocycles. The van der Waals surface area contributed by atoms with E-state index in [1.165, 1.54) is 196 Å². The van der Waals surface area contributed by atoms with Crippen LogP contribution in [0.4, 0.5) is 11.4 Å². The van der Waals surface area contributed by atoms with Crippen LogP contribution in [0.15, 0.2) is 58.5 Å². The quantitative estimate of drug-likeness (QED) is 0.0502. The van der Waals surface area contributed by atoms with Gasteiger partial charge in [-0.3, -0.25) is 9.98 Å². The Kier molecular flexibility index (Phi) is 29.5. The molecule has 52 heavy (non-hydrogen) atoms. The van der Waals surface area contributed by atoms with Crippen LogP contribution in [0.3, 0.4) is 0 Å². The Balaban J connectivity index is 2.06. The second-order valence-electron chi connectivity index (χ2n) is 15.9. The molecule has 0 bridgehead atoms. The monoisotopic (exact) mass is 713 g/mol. The lowest BCUT2D eigenvalue weighted by molar-refractivity contribution is 0.556. The van der Waals surface area contributed by atoms with Gasteiger partial charge in [0, 0.05) is 0 Å². The standard InChI is InChI=1S/C50H84N2/c1-5-9-13-16-19-21-23-25-27-30-35-45-37-33-39-47(43-45)51-49(41-12-8-4)50(42-32-29-18-15-11-7-3)52-48-40-34-38-46(44-48)36-31-28-26-24-22-20-17-14-10-6-2/h33-34,37-40,43-44H,5-32,35-36,41-42H2,1-4H3. The number of hydrogen-bond acceptors (Lipinski definition) is 2. The summed E-state index contributed by atoms with van der Waals surface area (Å²) in [4.78, 5) is 10.8. The SMILES string of the molecule is CCCCCCCCCCCCc1cccc(N=C(CCCC)C(CCCCCCCC)=Nc2cccc(CCCCCCCCCCCC)c2)c1. The van der Waals surface area contributed by atoms with Crippen LogP contribution >= 0.6 is 0 Å². The maximum absolute atomic E-state index is 5.42. The lowest BCUT2D eigenvalue weighted by atomic mass is 10.0. The third-order valence-corrected chi connectivity index (χ3v) is 10.9. The van der Waals surface area contributed by atoms with E-state index in [1.54, 1.807) is 0 Å². The van der Waals surface area contributed by atoms with Gasteiger partial charge in [-0.05, 0) is 86.8 Å². The second-order valence-corrected chi connectivity index (χ2v) is 15.9. The fraction of sp³-hybridized carbons (Fsp3) is 0.720. The van der Waals surface area contributed by atoms with E-state index in [0.29, 0.717) is 0 Å². The highest BCUT2D eigenvalue weighted by Crippen LogP contribution is 2.23. The van der Waals surface area contributed by atoms with Crippen LogP contribution in [0, 0.1) is 0 Å². The summed E-state index contributed by atoms with van der Waals surface area (Å²) in [6.45, 7) is 9.21. The molecule has 2 heteroatoms. The Labute approximate surface area is 324 Å². The van der Waals surface area contributed by atoms with Crippen LogP contribution in [0.25, 0.3) is 0 Å². The third-order valence-electron chi connectivity index (χ3n) is 10.9. The topological polar surface area (TPSA) is 24.7 Å². The zero-order chi connectivity index (χ0) is 37.2. The van der Waals surface area contributed by atoms with Crippen molar-refractivity contribution in [3.05, 3.63) is 59.7 Å². The molecule has 0 spiro atoms. The summed E-state index contributed by atoms with van der Waals surface area (Å²) in [6, 6.07) is 18.2. The van der Waals surface area contributed by atoms with Crippen molar-refractivity contribution in [3.8, 4) is 0 Å². The van der Waals surface area contributed by atoms with Crippen LogP contribution in [-0.4, -0.2) is 11.4 Å². The average molecular weight is 713 g/mol. The predicted octanol–water partition coefficient (Wildman–Crippen LogP) is 17.4. The van der Waals surface area contributed by atoms with E-state index < -0.39 is 0 Å². The molecule has 0 aromatic heterocycles.